The summed E-state index contributed by atoms with van der Waals surface area (Å²) in [6.07, 6.45) is 0. The number of piperazine rings is 1. The van der Waals surface area contributed by atoms with Crippen LogP contribution in [-0.4, -0.2) is 56.2 Å². The van der Waals surface area contributed by atoms with Gasteiger partial charge >= 0.3 is 12.0 Å². The first-order valence-corrected chi connectivity index (χ1v) is 8.06. The van der Waals surface area contributed by atoms with Gasteiger partial charge in [0.2, 0.25) is 0 Å². The van der Waals surface area contributed by atoms with E-state index in [2.05, 4.69) is 10.2 Å². The lowest BCUT2D eigenvalue weighted by Gasteiger charge is -2.36. The summed E-state index contributed by atoms with van der Waals surface area (Å²) in [5.74, 6) is -0.760. The standard InChI is InChI=1S/C17H24FN3O3/c1-12(2)15(16(22)24-3)19-17(23)21-10-8-20(9-11-21)14-6-4-13(18)5-7-14/h4-7,12,15H,8-11H2,1-3H3,(H,19,23). The van der Waals surface area contributed by atoms with Crippen molar-refractivity contribution in [2.45, 2.75) is 19.9 Å². The molecule has 1 saturated heterocycles. The third-order valence-electron chi connectivity index (χ3n) is 4.16. The van der Waals surface area contributed by atoms with Crippen molar-refractivity contribution in [3.05, 3.63) is 30.1 Å². The molecule has 6 nitrogen and oxygen atoms in total. The molecular weight excluding hydrogens is 313 g/mol. The fourth-order valence-corrected chi connectivity index (χ4v) is 2.67. The predicted octanol–water partition coefficient (Wildman–Crippen LogP) is 1.85. The molecule has 1 atom stereocenters. The van der Waals surface area contributed by atoms with Crippen LogP contribution in [0.4, 0.5) is 14.9 Å². The number of ether oxygens (including phenoxy) is 1. The number of methoxy groups -OCH3 is 1. The van der Waals surface area contributed by atoms with Gasteiger partial charge in [0.1, 0.15) is 11.9 Å². The van der Waals surface area contributed by atoms with E-state index < -0.39 is 12.0 Å². The highest BCUT2D eigenvalue weighted by molar-refractivity contribution is 5.83. The Morgan fingerprint density at radius 3 is 2.21 bits per heavy atom. The van der Waals surface area contributed by atoms with Crippen LogP contribution in [0.25, 0.3) is 0 Å². The molecule has 0 aromatic heterocycles. The monoisotopic (exact) mass is 337 g/mol. The number of anilines is 1. The molecule has 0 saturated carbocycles. The third-order valence-corrected chi connectivity index (χ3v) is 4.16. The molecule has 2 rings (SSSR count). The first-order valence-electron chi connectivity index (χ1n) is 8.06. The van der Waals surface area contributed by atoms with Gasteiger partial charge in [0, 0.05) is 31.9 Å². The lowest BCUT2D eigenvalue weighted by atomic mass is 10.1. The van der Waals surface area contributed by atoms with Crippen LogP contribution >= 0.6 is 0 Å². The minimum absolute atomic E-state index is 0.0538. The van der Waals surface area contributed by atoms with Gasteiger partial charge in [0.05, 0.1) is 7.11 Å². The number of urea groups is 1. The summed E-state index contributed by atoms with van der Waals surface area (Å²) < 4.78 is 17.7. The van der Waals surface area contributed by atoms with Gasteiger partial charge < -0.3 is 19.9 Å². The van der Waals surface area contributed by atoms with Gasteiger partial charge in [-0.1, -0.05) is 13.8 Å². The fraction of sp³-hybridized carbons (Fsp3) is 0.529. The van der Waals surface area contributed by atoms with Gasteiger partial charge in [0.15, 0.2) is 0 Å². The summed E-state index contributed by atoms with van der Waals surface area (Å²) in [5, 5.41) is 2.74. The molecule has 7 heteroatoms. The van der Waals surface area contributed by atoms with Gasteiger partial charge in [-0.05, 0) is 30.2 Å². The van der Waals surface area contributed by atoms with Gasteiger partial charge in [0.25, 0.3) is 0 Å². The predicted molar refractivity (Wildman–Crippen MR) is 89.4 cm³/mol. The number of esters is 1. The highest BCUT2D eigenvalue weighted by Crippen LogP contribution is 2.17. The molecule has 1 aliphatic heterocycles. The number of hydrogen-bond acceptors (Lipinski definition) is 4. The van der Waals surface area contributed by atoms with Crippen LogP contribution in [0.3, 0.4) is 0 Å². The molecule has 0 bridgehead atoms. The van der Waals surface area contributed by atoms with Crippen LogP contribution in [0.2, 0.25) is 0 Å². The molecule has 0 aliphatic carbocycles. The van der Waals surface area contributed by atoms with Crippen LogP contribution < -0.4 is 10.2 Å². The average molecular weight is 337 g/mol. The Balaban J connectivity index is 1.90. The lowest BCUT2D eigenvalue weighted by molar-refractivity contribution is -0.144. The van der Waals surface area contributed by atoms with Gasteiger partial charge in [-0.15, -0.1) is 0 Å². The van der Waals surface area contributed by atoms with Crippen LogP contribution in [0.1, 0.15) is 13.8 Å². The maximum Gasteiger partial charge on any atom is 0.328 e. The number of nitrogens with one attached hydrogen (secondary N) is 1. The first kappa shape index (κ1) is 18.0. The summed E-state index contributed by atoms with van der Waals surface area (Å²) in [4.78, 5) is 27.9. The van der Waals surface area contributed by atoms with Crippen LogP contribution in [0, 0.1) is 11.7 Å². The lowest BCUT2D eigenvalue weighted by Crippen LogP contribution is -2.55. The van der Waals surface area contributed by atoms with Crippen molar-refractivity contribution in [1.82, 2.24) is 10.2 Å². The maximum absolute atomic E-state index is 13.0. The van der Waals surface area contributed by atoms with Gasteiger partial charge in [-0.25, -0.2) is 14.0 Å². The molecule has 1 heterocycles. The Labute approximate surface area is 141 Å². The van der Waals surface area contributed by atoms with E-state index in [4.69, 9.17) is 4.74 Å². The van der Waals surface area contributed by atoms with E-state index in [1.807, 2.05) is 13.8 Å². The number of rotatable bonds is 4. The molecule has 1 N–H and O–H groups in total. The van der Waals surface area contributed by atoms with E-state index in [0.29, 0.717) is 26.2 Å². The van der Waals surface area contributed by atoms with Crippen molar-refractivity contribution in [3.8, 4) is 0 Å². The zero-order valence-corrected chi connectivity index (χ0v) is 14.3. The zero-order chi connectivity index (χ0) is 17.7. The van der Waals surface area contributed by atoms with E-state index in [1.54, 1.807) is 17.0 Å². The Kier molecular flexibility index (Phi) is 6.00. The maximum atomic E-state index is 13.0. The summed E-state index contributed by atoms with van der Waals surface area (Å²) in [6, 6.07) is 5.40. The minimum Gasteiger partial charge on any atom is -0.467 e. The highest BCUT2D eigenvalue weighted by Gasteiger charge is 2.28. The fourth-order valence-electron chi connectivity index (χ4n) is 2.67. The topological polar surface area (TPSA) is 61.9 Å². The number of carbonyl (C=O) groups is 2. The van der Waals surface area contributed by atoms with Crippen molar-refractivity contribution in [3.63, 3.8) is 0 Å². The van der Waals surface area contributed by atoms with Crippen molar-refractivity contribution in [1.29, 1.82) is 0 Å². The van der Waals surface area contributed by atoms with Gasteiger partial charge in [-0.2, -0.15) is 0 Å². The summed E-state index contributed by atoms with van der Waals surface area (Å²) >= 11 is 0. The number of carbonyl (C=O) groups excluding carboxylic acids is 2. The Morgan fingerprint density at radius 1 is 1.12 bits per heavy atom. The third kappa shape index (κ3) is 4.37. The largest absolute Gasteiger partial charge is 0.467 e. The molecule has 1 unspecified atom stereocenters. The molecule has 1 aromatic rings. The molecule has 0 spiro atoms. The van der Waals surface area contributed by atoms with Crippen LogP contribution in [0.5, 0.6) is 0 Å². The van der Waals surface area contributed by atoms with Crippen LogP contribution in [0.15, 0.2) is 24.3 Å². The molecule has 0 radical (unpaired) electrons. The molecule has 1 fully saturated rings. The summed E-state index contributed by atoms with van der Waals surface area (Å²) in [7, 11) is 1.31. The van der Waals surface area contributed by atoms with E-state index in [-0.39, 0.29) is 17.8 Å². The molecule has 24 heavy (non-hydrogen) atoms. The molecule has 132 valence electrons. The van der Waals surface area contributed by atoms with E-state index in [1.165, 1.54) is 19.2 Å². The normalized spacial score (nSPS) is 16.0. The highest BCUT2D eigenvalue weighted by atomic mass is 19.1. The van der Waals surface area contributed by atoms with Crippen molar-refractivity contribution < 1.29 is 18.7 Å². The second kappa shape index (κ2) is 7.99. The number of nitrogens with zero attached hydrogens (tertiary/aromatic N) is 2. The number of halogens is 1. The quantitative estimate of drug-likeness (QED) is 0.852. The number of benzene rings is 1. The van der Waals surface area contributed by atoms with E-state index >= 15 is 0 Å². The van der Waals surface area contributed by atoms with Crippen molar-refractivity contribution in [2.75, 3.05) is 38.2 Å². The van der Waals surface area contributed by atoms with Crippen molar-refractivity contribution in [2.24, 2.45) is 5.92 Å². The van der Waals surface area contributed by atoms with Crippen molar-refractivity contribution >= 4 is 17.7 Å². The van der Waals surface area contributed by atoms with E-state index in [9.17, 15) is 14.0 Å². The van der Waals surface area contributed by atoms with E-state index in [0.717, 1.165) is 5.69 Å². The number of amides is 2. The molecular formula is C17H24FN3O3. The Hall–Kier alpha value is -2.31. The second-order valence-electron chi connectivity index (χ2n) is 6.14. The Morgan fingerprint density at radius 2 is 1.71 bits per heavy atom. The molecule has 1 aliphatic rings. The average Bonchev–Trinajstić information content (AvgIpc) is 2.59. The number of hydrogen-bond donors (Lipinski definition) is 1. The van der Waals surface area contributed by atoms with Crippen LogP contribution in [-0.2, 0) is 9.53 Å². The Bertz CT molecular complexity index is 569. The van der Waals surface area contributed by atoms with Gasteiger partial charge in [-0.3, -0.25) is 0 Å². The SMILES string of the molecule is COC(=O)C(NC(=O)N1CCN(c2ccc(F)cc2)CC1)C(C)C. The second-order valence-corrected chi connectivity index (χ2v) is 6.14. The first-order chi connectivity index (χ1) is 11.4. The summed E-state index contributed by atoms with van der Waals surface area (Å²) in [5.41, 5.74) is 0.936. The molecule has 2 amide bonds. The zero-order valence-electron chi connectivity index (χ0n) is 14.3. The smallest absolute Gasteiger partial charge is 0.328 e. The molecule has 1 aromatic carbocycles. The summed E-state index contributed by atoms with van der Waals surface area (Å²) in [6.45, 7) is 6.10. The minimum atomic E-state index is -0.655.